The van der Waals surface area contributed by atoms with Crippen LogP contribution in [0.3, 0.4) is 0 Å². The van der Waals surface area contributed by atoms with Gasteiger partial charge in [-0.15, -0.1) is 11.6 Å². The number of anilines is 1. The van der Waals surface area contributed by atoms with Gasteiger partial charge in [0.2, 0.25) is 0 Å². The van der Waals surface area contributed by atoms with Crippen LogP contribution in [0.25, 0.3) is 0 Å². The van der Waals surface area contributed by atoms with E-state index in [-0.39, 0.29) is 5.71 Å². The number of hydrogen-bond donors (Lipinski definition) is 0. The summed E-state index contributed by atoms with van der Waals surface area (Å²) in [5.41, 5.74) is 2.13. The van der Waals surface area contributed by atoms with Gasteiger partial charge in [0.05, 0.1) is 23.5 Å². The molecule has 1 saturated heterocycles. The summed E-state index contributed by atoms with van der Waals surface area (Å²) in [7, 11) is 0. The molecule has 2 amide bonds. The van der Waals surface area contributed by atoms with Crippen molar-refractivity contribution >= 4 is 46.5 Å². The number of imide groups is 1. The highest BCUT2D eigenvalue weighted by Gasteiger charge is 2.44. The Labute approximate surface area is 174 Å². The predicted octanol–water partition coefficient (Wildman–Crippen LogP) is 4.07. The summed E-state index contributed by atoms with van der Waals surface area (Å²) in [4.78, 5) is 42.8. The Kier molecular flexibility index (Phi) is 6.44. The van der Waals surface area contributed by atoms with Crippen LogP contribution in [0.5, 0.6) is 0 Å². The zero-order valence-corrected chi connectivity index (χ0v) is 17.0. The molecule has 0 bridgehead atoms. The minimum atomic E-state index is -1.19. The molecule has 1 unspecified atom stereocenters. The molecule has 2 aromatic rings. The number of nitrogens with zero attached hydrogens (tertiary/aromatic N) is 2. The van der Waals surface area contributed by atoms with Gasteiger partial charge in [-0.25, -0.2) is 14.7 Å². The summed E-state index contributed by atoms with van der Waals surface area (Å²) in [6.07, 6.45) is 1.57. The molecule has 3 rings (SSSR count). The predicted molar refractivity (Wildman–Crippen MR) is 112 cm³/mol. The van der Waals surface area contributed by atoms with Crippen molar-refractivity contribution in [3.05, 3.63) is 59.7 Å². The second-order valence-electron chi connectivity index (χ2n) is 6.54. The van der Waals surface area contributed by atoms with Crippen LogP contribution < -0.4 is 4.90 Å². The maximum absolute atomic E-state index is 12.8. The minimum absolute atomic E-state index is 0.0738. The standard InChI is InChI=1S/C22H21ClN2O4/c1-3-12-29-22(28)15-6-5-7-16(13-15)24-19-18(23)20(26)25(21(19)27)17-10-8-14(4-2)9-11-17/h5-11,13,18H,3-4,12H2,1-2H3. The van der Waals surface area contributed by atoms with E-state index < -0.39 is 23.2 Å². The van der Waals surface area contributed by atoms with E-state index >= 15 is 0 Å². The first-order valence-electron chi connectivity index (χ1n) is 9.43. The number of alkyl halides is 1. The second kappa shape index (κ2) is 9.01. The third-order valence-corrected chi connectivity index (χ3v) is 4.86. The van der Waals surface area contributed by atoms with Gasteiger partial charge in [-0.2, -0.15) is 0 Å². The van der Waals surface area contributed by atoms with Crippen LogP contribution >= 0.6 is 11.6 Å². The number of amides is 2. The Morgan fingerprint density at radius 3 is 2.52 bits per heavy atom. The molecule has 2 aromatic carbocycles. The summed E-state index contributed by atoms with van der Waals surface area (Å²) in [5, 5.41) is -1.19. The lowest BCUT2D eigenvalue weighted by Crippen LogP contribution is -2.31. The molecule has 0 aromatic heterocycles. The van der Waals surface area contributed by atoms with Gasteiger partial charge >= 0.3 is 5.97 Å². The molecule has 0 radical (unpaired) electrons. The normalized spacial score (nSPS) is 17.8. The number of hydrogen-bond acceptors (Lipinski definition) is 5. The van der Waals surface area contributed by atoms with Gasteiger partial charge in [-0.05, 0) is 48.7 Å². The maximum Gasteiger partial charge on any atom is 0.338 e. The number of ether oxygens (including phenoxy) is 1. The molecule has 1 heterocycles. The number of esters is 1. The highest BCUT2D eigenvalue weighted by Crippen LogP contribution is 2.27. The number of halogens is 1. The first-order chi connectivity index (χ1) is 14.0. The highest BCUT2D eigenvalue weighted by atomic mass is 35.5. The summed E-state index contributed by atoms with van der Waals surface area (Å²) >= 11 is 6.21. The number of carbonyl (C=O) groups excluding carboxylic acids is 3. The van der Waals surface area contributed by atoms with E-state index in [4.69, 9.17) is 16.3 Å². The Morgan fingerprint density at radius 1 is 1.14 bits per heavy atom. The number of rotatable bonds is 6. The maximum atomic E-state index is 12.8. The van der Waals surface area contributed by atoms with Crippen LogP contribution in [0.15, 0.2) is 53.5 Å². The average molecular weight is 413 g/mol. The molecule has 6 nitrogen and oxygen atoms in total. The lowest BCUT2D eigenvalue weighted by molar-refractivity contribution is -0.120. The van der Waals surface area contributed by atoms with Crippen molar-refractivity contribution in [3.8, 4) is 0 Å². The molecule has 1 aliphatic heterocycles. The van der Waals surface area contributed by atoms with E-state index in [1.165, 1.54) is 6.07 Å². The largest absolute Gasteiger partial charge is 0.462 e. The van der Waals surface area contributed by atoms with Crippen LogP contribution in [0.2, 0.25) is 0 Å². The van der Waals surface area contributed by atoms with E-state index in [1.54, 1.807) is 30.3 Å². The van der Waals surface area contributed by atoms with Crippen LogP contribution in [0.4, 0.5) is 11.4 Å². The average Bonchev–Trinajstić information content (AvgIpc) is 2.95. The summed E-state index contributed by atoms with van der Waals surface area (Å²) in [5.74, 6) is -1.58. The lowest BCUT2D eigenvalue weighted by atomic mass is 10.1. The van der Waals surface area contributed by atoms with Gasteiger partial charge < -0.3 is 4.74 Å². The Balaban J connectivity index is 1.88. The van der Waals surface area contributed by atoms with Crippen LogP contribution in [-0.4, -0.2) is 35.5 Å². The third-order valence-electron chi connectivity index (χ3n) is 4.47. The molecular weight excluding hydrogens is 392 g/mol. The Morgan fingerprint density at radius 2 is 1.86 bits per heavy atom. The number of carbonyl (C=O) groups is 3. The second-order valence-corrected chi connectivity index (χ2v) is 6.98. The molecule has 1 aliphatic rings. The molecule has 7 heteroatoms. The van der Waals surface area contributed by atoms with Crippen molar-refractivity contribution in [1.29, 1.82) is 0 Å². The fourth-order valence-electron chi connectivity index (χ4n) is 2.90. The number of aryl methyl sites for hydroxylation is 1. The fraction of sp³-hybridized carbons (Fsp3) is 0.273. The smallest absolute Gasteiger partial charge is 0.338 e. The molecule has 0 aliphatic carbocycles. The quantitative estimate of drug-likeness (QED) is 0.407. The molecule has 0 N–H and O–H groups in total. The van der Waals surface area contributed by atoms with E-state index in [0.29, 0.717) is 30.0 Å². The third kappa shape index (κ3) is 4.38. The van der Waals surface area contributed by atoms with Crippen molar-refractivity contribution in [3.63, 3.8) is 0 Å². The highest BCUT2D eigenvalue weighted by molar-refractivity contribution is 6.68. The van der Waals surface area contributed by atoms with Crippen LogP contribution in [-0.2, 0) is 20.7 Å². The monoisotopic (exact) mass is 412 g/mol. The first kappa shape index (κ1) is 20.7. The Hall–Kier alpha value is -2.99. The molecular formula is C22H21ClN2O4. The molecule has 29 heavy (non-hydrogen) atoms. The summed E-state index contributed by atoms with van der Waals surface area (Å²) in [6.45, 7) is 4.24. The van der Waals surface area contributed by atoms with E-state index in [1.807, 2.05) is 26.0 Å². The zero-order valence-electron chi connectivity index (χ0n) is 16.2. The molecule has 150 valence electrons. The van der Waals surface area contributed by atoms with Gasteiger partial charge in [0.1, 0.15) is 5.71 Å². The van der Waals surface area contributed by atoms with Crippen molar-refractivity contribution < 1.29 is 19.1 Å². The van der Waals surface area contributed by atoms with Crippen LogP contribution in [0, 0.1) is 0 Å². The van der Waals surface area contributed by atoms with E-state index in [2.05, 4.69) is 4.99 Å². The van der Waals surface area contributed by atoms with E-state index in [0.717, 1.165) is 16.9 Å². The van der Waals surface area contributed by atoms with Gasteiger partial charge in [-0.1, -0.05) is 32.0 Å². The van der Waals surface area contributed by atoms with Gasteiger partial charge in [0.15, 0.2) is 5.38 Å². The van der Waals surface area contributed by atoms with E-state index in [9.17, 15) is 14.4 Å². The topological polar surface area (TPSA) is 76.0 Å². The molecule has 1 fully saturated rings. The fourth-order valence-corrected chi connectivity index (χ4v) is 3.14. The van der Waals surface area contributed by atoms with Gasteiger partial charge in [-0.3, -0.25) is 9.59 Å². The van der Waals surface area contributed by atoms with Crippen LogP contribution in [0.1, 0.15) is 36.2 Å². The van der Waals surface area contributed by atoms with Crippen molar-refractivity contribution in [2.45, 2.75) is 32.1 Å². The summed E-state index contributed by atoms with van der Waals surface area (Å²) in [6, 6.07) is 13.5. The molecule has 0 saturated carbocycles. The SMILES string of the molecule is CCCOC(=O)c1cccc(N=C2C(=O)N(c3ccc(CC)cc3)C(=O)C2Cl)c1. The first-order valence-corrected chi connectivity index (χ1v) is 9.87. The van der Waals surface area contributed by atoms with Crippen molar-refractivity contribution in [2.75, 3.05) is 11.5 Å². The van der Waals surface area contributed by atoms with Crippen molar-refractivity contribution in [2.24, 2.45) is 4.99 Å². The lowest BCUT2D eigenvalue weighted by Gasteiger charge is -2.13. The molecule has 1 atom stereocenters. The number of aliphatic imine (C=N–C) groups is 1. The Bertz CT molecular complexity index is 969. The van der Waals surface area contributed by atoms with Crippen molar-refractivity contribution in [1.82, 2.24) is 0 Å². The summed E-state index contributed by atoms with van der Waals surface area (Å²) < 4.78 is 5.11. The zero-order chi connectivity index (χ0) is 21.0. The molecule has 0 spiro atoms. The van der Waals surface area contributed by atoms with Gasteiger partial charge in [0, 0.05) is 0 Å². The van der Waals surface area contributed by atoms with Gasteiger partial charge in [0.25, 0.3) is 11.8 Å². The number of benzene rings is 2. The minimum Gasteiger partial charge on any atom is -0.462 e.